The fraction of sp³-hybridized carbons (Fsp3) is 0.750. The minimum absolute atomic E-state index is 0.0405. The van der Waals surface area contributed by atoms with E-state index in [9.17, 15) is 18.0 Å². The Morgan fingerprint density at radius 3 is 2.27 bits per heavy atom. The summed E-state index contributed by atoms with van der Waals surface area (Å²) in [5, 5.41) is 0. The second-order valence-electron chi connectivity index (χ2n) is 11.7. The van der Waals surface area contributed by atoms with Crippen LogP contribution in [0.25, 0.3) is 0 Å². The Morgan fingerprint density at radius 1 is 1.08 bits per heavy atom. The van der Waals surface area contributed by atoms with Gasteiger partial charge < -0.3 is 18.9 Å². The highest BCUT2D eigenvalue weighted by Gasteiger charge is 2.56. The summed E-state index contributed by atoms with van der Waals surface area (Å²) >= 11 is 0. The van der Waals surface area contributed by atoms with E-state index in [4.69, 9.17) is 18.9 Å². The third-order valence-electron chi connectivity index (χ3n) is 8.48. The minimum Gasteiger partial charge on any atom is -0.464 e. The summed E-state index contributed by atoms with van der Waals surface area (Å²) in [5.41, 5.74) is -1.16. The van der Waals surface area contributed by atoms with E-state index in [0.29, 0.717) is 37.5 Å². The summed E-state index contributed by atoms with van der Waals surface area (Å²) in [7, 11) is 0. The molecule has 9 heteroatoms. The van der Waals surface area contributed by atoms with Gasteiger partial charge in [0.2, 0.25) is 6.29 Å². The van der Waals surface area contributed by atoms with Crippen molar-refractivity contribution in [3.8, 4) is 5.75 Å². The maximum Gasteiger partial charge on any atom is 0.419 e. The van der Waals surface area contributed by atoms with E-state index in [1.165, 1.54) is 25.3 Å². The van der Waals surface area contributed by atoms with Crippen LogP contribution in [0.1, 0.15) is 68.3 Å². The number of nitrogens with zero attached hydrogens (tertiary/aromatic N) is 1. The number of morpholine rings is 1. The lowest BCUT2D eigenvalue weighted by molar-refractivity contribution is -0.229. The maximum absolute atomic E-state index is 14.0. The molecule has 6 nitrogen and oxygen atoms in total. The Kier molecular flexibility index (Phi) is 7.76. The van der Waals surface area contributed by atoms with Gasteiger partial charge in [0.05, 0.1) is 30.4 Å². The number of hydrogen-bond donors (Lipinski definition) is 0. The average molecular weight is 526 g/mol. The number of halogens is 3. The third kappa shape index (κ3) is 6.09. The molecule has 1 heterocycles. The fourth-order valence-corrected chi connectivity index (χ4v) is 7.28. The van der Waals surface area contributed by atoms with Crippen LogP contribution in [-0.4, -0.2) is 62.7 Å². The van der Waals surface area contributed by atoms with Crippen molar-refractivity contribution in [3.63, 3.8) is 0 Å². The van der Waals surface area contributed by atoms with E-state index in [0.717, 1.165) is 44.5 Å². The molecule has 206 valence electrons. The van der Waals surface area contributed by atoms with Gasteiger partial charge in [0.1, 0.15) is 12.4 Å². The van der Waals surface area contributed by atoms with Crippen molar-refractivity contribution >= 4 is 5.97 Å². The largest absolute Gasteiger partial charge is 0.464 e. The molecule has 1 unspecified atom stereocenters. The third-order valence-corrected chi connectivity index (χ3v) is 8.48. The molecule has 1 aliphatic heterocycles. The summed E-state index contributed by atoms with van der Waals surface area (Å²) in [6.45, 7) is 7.26. The quantitative estimate of drug-likeness (QED) is 0.312. The van der Waals surface area contributed by atoms with Crippen LogP contribution in [0, 0.1) is 23.2 Å². The van der Waals surface area contributed by atoms with Crippen LogP contribution in [0.3, 0.4) is 0 Å². The lowest BCUT2D eigenvalue weighted by Gasteiger charge is -2.58. The highest BCUT2D eigenvalue weighted by Crippen LogP contribution is 2.62. The smallest absolute Gasteiger partial charge is 0.419 e. The summed E-state index contributed by atoms with van der Waals surface area (Å²) in [5.74, 6) is 0.730. The van der Waals surface area contributed by atoms with Crippen LogP contribution < -0.4 is 4.74 Å². The van der Waals surface area contributed by atoms with Crippen molar-refractivity contribution in [1.82, 2.24) is 4.90 Å². The van der Waals surface area contributed by atoms with Gasteiger partial charge in [0, 0.05) is 25.0 Å². The molecule has 1 atom stereocenters. The van der Waals surface area contributed by atoms with Gasteiger partial charge in [-0.1, -0.05) is 0 Å². The number of rotatable bonds is 9. The van der Waals surface area contributed by atoms with Gasteiger partial charge in [0.25, 0.3) is 0 Å². The van der Waals surface area contributed by atoms with Crippen molar-refractivity contribution in [2.24, 2.45) is 23.2 Å². The molecule has 0 radical (unpaired) electrons. The van der Waals surface area contributed by atoms with Crippen LogP contribution in [0.15, 0.2) is 18.2 Å². The Labute approximate surface area is 216 Å². The second kappa shape index (κ2) is 10.7. The molecule has 4 saturated carbocycles. The van der Waals surface area contributed by atoms with Gasteiger partial charge in [-0.2, -0.15) is 13.2 Å². The molecule has 4 aliphatic carbocycles. The number of hydrogen-bond acceptors (Lipinski definition) is 6. The van der Waals surface area contributed by atoms with E-state index in [1.54, 1.807) is 0 Å². The van der Waals surface area contributed by atoms with Crippen molar-refractivity contribution in [1.29, 1.82) is 0 Å². The molecule has 1 saturated heterocycles. The first kappa shape index (κ1) is 26.8. The molecular formula is C28H38F3NO5. The molecule has 0 spiro atoms. The number of benzene rings is 1. The van der Waals surface area contributed by atoms with Gasteiger partial charge in [-0.3, -0.25) is 4.90 Å². The molecular weight excluding hydrogens is 487 g/mol. The van der Waals surface area contributed by atoms with E-state index in [-0.39, 0.29) is 29.4 Å². The van der Waals surface area contributed by atoms with Gasteiger partial charge in [-0.05, 0) is 88.3 Å². The van der Waals surface area contributed by atoms with Crippen molar-refractivity contribution < 1.29 is 36.9 Å². The van der Waals surface area contributed by atoms with Gasteiger partial charge in [0.15, 0.2) is 0 Å². The van der Waals surface area contributed by atoms with Crippen LogP contribution >= 0.6 is 0 Å². The summed E-state index contributed by atoms with van der Waals surface area (Å²) < 4.78 is 65.1. The van der Waals surface area contributed by atoms with E-state index in [1.807, 2.05) is 13.8 Å². The molecule has 4 bridgehead atoms. The van der Waals surface area contributed by atoms with Crippen LogP contribution in [0.4, 0.5) is 13.2 Å². The van der Waals surface area contributed by atoms with Crippen molar-refractivity contribution in [2.75, 3.05) is 39.5 Å². The standard InChI is InChI=1S/C28H38F3NO5/c1-18(2)36-26(27-15-19-11-20(16-27)13-21(12-19)17-27)37-24-14-22(3-4-23(24)28(29,30)31)25(33)35-10-7-32-5-8-34-9-6-32/h3-4,14,18-21,26H,5-13,15-17H2,1-2H3. The number of esters is 1. The van der Waals surface area contributed by atoms with Crippen molar-refractivity contribution in [3.05, 3.63) is 29.3 Å². The average Bonchev–Trinajstić information content (AvgIpc) is 2.82. The van der Waals surface area contributed by atoms with Gasteiger partial charge >= 0.3 is 12.1 Å². The lowest BCUT2D eigenvalue weighted by Crippen LogP contribution is -2.54. The zero-order chi connectivity index (χ0) is 26.2. The first-order valence-corrected chi connectivity index (χ1v) is 13.6. The summed E-state index contributed by atoms with van der Waals surface area (Å²) in [6.07, 6.45) is 0.726. The predicted molar refractivity (Wildman–Crippen MR) is 130 cm³/mol. The molecule has 0 aromatic heterocycles. The highest BCUT2D eigenvalue weighted by atomic mass is 19.4. The van der Waals surface area contributed by atoms with E-state index in [2.05, 4.69) is 4.90 Å². The van der Waals surface area contributed by atoms with Gasteiger partial charge in [-0.15, -0.1) is 0 Å². The summed E-state index contributed by atoms with van der Waals surface area (Å²) in [6, 6.07) is 3.26. The lowest BCUT2D eigenvalue weighted by atomic mass is 9.49. The normalized spacial score (nSPS) is 30.5. The highest BCUT2D eigenvalue weighted by molar-refractivity contribution is 5.90. The van der Waals surface area contributed by atoms with Crippen LogP contribution in [0.5, 0.6) is 5.75 Å². The first-order chi connectivity index (χ1) is 17.6. The Hall–Kier alpha value is -1.84. The molecule has 6 rings (SSSR count). The predicted octanol–water partition coefficient (Wildman–Crippen LogP) is 5.54. The minimum atomic E-state index is -4.63. The maximum atomic E-state index is 14.0. The molecule has 5 fully saturated rings. The Bertz CT molecular complexity index is 924. The molecule has 1 aromatic rings. The topological polar surface area (TPSA) is 57.2 Å². The molecule has 0 N–H and O–H groups in total. The van der Waals surface area contributed by atoms with Crippen LogP contribution in [-0.2, 0) is 20.4 Å². The SMILES string of the molecule is CC(C)OC(Oc1cc(C(=O)OCCN2CCOCC2)ccc1C(F)(F)F)C12CC3CC(CC(C3)C1)C2. The van der Waals surface area contributed by atoms with E-state index >= 15 is 0 Å². The molecule has 1 aromatic carbocycles. The van der Waals surface area contributed by atoms with E-state index < -0.39 is 24.0 Å². The number of carbonyl (C=O) groups excluding carboxylic acids is 1. The molecule has 5 aliphatic rings. The fourth-order valence-electron chi connectivity index (χ4n) is 7.28. The van der Waals surface area contributed by atoms with Gasteiger partial charge in [-0.25, -0.2) is 4.79 Å². The number of alkyl halides is 3. The summed E-state index contributed by atoms with van der Waals surface area (Å²) in [4.78, 5) is 14.9. The molecule has 0 amide bonds. The molecule has 37 heavy (non-hydrogen) atoms. The zero-order valence-electron chi connectivity index (χ0n) is 21.7. The monoisotopic (exact) mass is 525 g/mol. The van der Waals surface area contributed by atoms with Crippen molar-refractivity contribution in [2.45, 2.75) is 70.9 Å². The number of carbonyl (C=O) groups is 1. The Balaban J connectivity index is 1.35. The second-order valence-corrected chi connectivity index (χ2v) is 11.7. The van der Waals surface area contributed by atoms with Crippen LogP contribution in [0.2, 0.25) is 0 Å². The zero-order valence-corrected chi connectivity index (χ0v) is 21.7. The Morgan fingerprint density at radius 2 is 1.70 bits per heavy atom. The first-order valence-electron chi connectivity index (χ1n) is 13.6. The number of ether oxygens (including phenoxy) is 4.